The Labute approximate surface area is 369 Å². The highest BCUT2D eigenvalue weighted by Gasteiger charge is 2.14. The van der Waals surface area contributed by atoms with Gasteiger partial charge in [0, 0.05) is 40.3 Å². The molecule has 0 atom stereocenters. The van der Waals surface area contributed by atoms with Crippen LogP contribution in [-0.4, -0.2) is 0 Å². The third-order valence-electron chi connectivity index (χ3n) is 12.2. The van der Waals surface area contributed by atoms with E-state index in [1.807, 2.05) is 22.7 Å². The van der Waals surface area contributed by atoms with Gasteiger partial charge in [-0.1, -0.05) is 158 Å². The zero-order valence-corrected chi connectivity index (χ0v) is 35.4. The molecule has 0 saturated heterocycles. The maximum atomic E-state index is 2.37. The van der Waals surface area contributed by atoms with Gasteiger partial charge in [0.25, 0.3) is 0 Å². The number of benzene rings is 10. The van der Waals surface area contributed by atoms with Gasteiger partial charge in [-0.05, 0) is 151 Å². The van der Waals surface area contributed by atoms with Crippen LogP contribution in [0, 0.1) is 0 Å². The zero-order valence-electron chi connectivity index (χ0n) is 33.8. The third-order valence-corrected chi connectivity index (χ3v) is 14.5. The van der Waals surface area contributed by atoms with E-state index in [4.69, 9.17) is 0 Å². The molecule has 0 saturated carbocycles. The molecule has 290 valence electrons. The molecule has 12 aromatic rings. The van der Waals surface area contributed by atoms with Crippen molar-refractivity contribution < 1.29 is 0 Å². The lowest BCUT2D eigenvalue weighted by Gasteiger charge is -2.14. The molecule has 0 nitrogen and oxygen atoms in total. The number of rotatable bonds is 7. The fourth-order valence-electron chi connectivity index (χ4n) is 9.08. The maximum absolute atomic E-state index is 2.37. The van der Waals surface area contributed by atoms with Crippen molar-refractivity contribution in [3.05, 3.63) is 231 Å². The summed E-state index contributed by atoms with van der Waals surface area (Å²) < 4.78 is 5.29. The predicted molar refractivity (Wildman–Crippen MR) is 270 cm³/mol. The van der Waals surface area contributed by atoms with E-state index in [1.165, 1.54) is 118 Å². The van der Waals surface area contributed by atoms with E-state index in [-0.39, 0.29) is 0 Å². The fourth-order valence-corrected chi connectivity index (χ4v) is 11.4. The van der Waals surface area contributed by atoms with E-state index in [1.54, 1.807) is 0 Å². The van der Waals surface area contributed by atoms with Gasteiger partial charge in [-0.15, -0.1) is 22.7 Å². The Morgan fingerprint density at radius 3 is 0.839 bits per heavy atom. The molecular weight excluding hydrogens is 785 g/mol. The van der Waals surface area contributed by atoms with Crippen LogP contribution in [0.4, 0.5) is 0 Å². The highest BCUT2D eigenvalue weighted by Crippen LogP contribution is 2.41. The van der Waals surface area contributed by atoms with Crippen molar-refractivity contribution in [3.63, 3.8) is 0 Å². The van der Waals surface area contributed by atoms with Crippen molar-refractivity contribution >= 4 is 63.0 Å². The lowest BCUT2D eigenvalue weighted by atomic mass is 9.90. The summed E-state index contributed by atoms with van der Waals surface area (Å²) >= 11 is 3.74. The topological polar surface area (TPSA) is 0 Å². The van der Waals surface area contributed by atoms with Crippen LogP contribution in [0.5, 0.6) is 0 Å². The molecule has 0 unspecified atom stereocenters. The quantitative estimate of drug-likeness (QED) is 0.150. The van der Waals surface area contributed by atoms with Gasteiger partial charge in [-0.25, -0.2) is 0 Å². The lowest BCUT2D eigenvalue weighted by molar-refractivity contribution is 1.55. The first-order chi connectivity index (χ1) is 30.7. The largest absolute Gasteiger partial charge is 0.135 e. The minimum atomic E-state index is 1.19. The molecule has 0 radical (unpaired) electrons. The number of thiophene rings is 2. The summed E-state index contributed by atoms with van der Waals surface area (Å²) in [5, 5.41) is 5.29. The van der Waals surface area contributed by atoms with Crippen LogP contribution in [0.25, 0.3) is 118 Å². The van der Waals surface area contributed by atoms with Crippen molar-refractivity contribution in [2.75, 3.05) is 0 Å². The third kappa shape index (κ3) is 6.71. The van der Waals surface area contributed by atoms with Gasteiger partial charge in [0.1, 0.15) is 0 Å². The van der Waals surface area contributed by atoms with E-state index >= 15 is 0 Å². The first-order valence-electron chi connectivity index (χ1n) is 21.1. The van der Waals surface area contributed by atoms with E-state index in [0.717, 1.165) is 0 Å². The van der Waals surface area contributed by atoms with E-state index < -0.39 is 0 Å². The SMILES string of the molecule is c1ccc(-c2cc(-c3cccc(-c4cccc(-c5cc(-c6ccccc6)cc(-c6ccc7c(c6)sc6ccccc67)c5)c4)c3)cc(-c3ccc4c(c3)sc3ccccc34)c2)cc1. The minimum Gasteiger partial charge on any atom is -0.135 e. The van der Waals surface area contributed by atoms with Crippen LogP contribution in [0.1, 0.15) is 0 Å². The number of fused-ring (bicyclic) bond motifs is 6. The van der Waals surface area contributed by atoms with Gasteiger partial charge < -0.3 is 0 Å². The second kappa shape index (κ2) is 15.3. The lowest BCUT2D eigenvalue weighted by Crippen LogP contribution is -1.88. The first-order valence-corrected chi connectivity index (χ1v) is 22.8. The smallest absolute Gasteiger partial charge is 0.0361 e. The van der Waals surface area contributed by atoms with Gasteiger partial charge in [-0.3, -0.25) is 0 Å². The zero-order chi connectivity index (χ0) is 41.0. The van der Waals surface area contributed by atoms with Crippen LogP contribution in [0.15, 0.2) is 231 Å². The molecule has 0 bridgehead atoms. The Morgan fingerprint density at radius 1 is 0.161 bits per heavy atom. The highest BCUT2D eigenvalue weighted by molar-refractivity contribution is 7.26. The van der Waals surface area contributed by atoms with Crippen molar-refractivity contribution in [2.24, 2.45) is 0 Å². The molecule has 0 fully saturated rings. The van der Waals surface area contributed by atoms with Gasteiger partial charge in [0.15, 0.2) is 0 Å². The van der Waals surface area contributed by atoms with Crippen molar-refractivity contribution in [2.45, 2.75) is 0 Å². The van der Waals surface area contributed by atoms with Gasteiger partial charge in [0.2, 0.25) is 0 Å². The molecule has 0 aliphatic carbocycles. The molecule has 0 amide bonds. The van der Waals surface area contributed by atoms with Crippen LogP contribution in [-0.2, 0) is 0 Å². The Hall–Kier alpha value is -7.36. The van der Waals surface area contributed by atoms with Gasteiger partial charge >= 0.3 is 0 Å². The molecule has 0 spiro atoms. The number of hydrogen-bond donors (Lipinski definition) is 0. The normalized spacial score (nSPS) is 11.5. The van der Waals surface area contributed by atoms with Gasteiger partial charge in [-0.2, -0.15) is 0 Å². The van der Waals surface area contributed by atoms with E-state index in [2.05, 4.69) is 231 Å². The van der Waals surface area contributed by atoms with E-state index in [0.29, 0.717) is 0 Å². The molecule has 62 heavy (non-hydrogen) atoms. The summed E-state index contributed by atoms with van der Waals surface area (Å²) in [6.45, 7) is 0. The average Bonchev–Trinajstić information content (AvgIpc) is 3.92. The molecular formula is C60H38S2. The molecule has 0 aliphatic rings. The summed E-state index contributed by atoms with van der Waals surface area (Å²) in [5.41, 5.74) is 16.9. The predicted octanol–water partition coefficient (Wildman–Crippen LogP) is 18.1. The molecule has 0 aliphatic heterocycles. The molecule has 0 N–H and O–H groups in total. The average molecular weight is 823 g/mol. The standard InChI is InChI=1S/C60H38S2/c1-3-13-39(14-4-1)47-31-49(35-51(33-47)45-25-27-55-53-21-7-9-23-57(53)61-59(55)37-45)43-19-11-17-41(29-43)42-18-12-20-44(30-42)50-32-48(40-15-5-2-6-16-40)34-52(36-50)46-26-28-56-54-22-8-10-24-58(54)62-60(56)38-46/h1-38H. The van der Waals surface area contributed by atoms with Crippen LogP contribution < -0.4 is 0 Å². The Morgan fingerprint density at radius 2 is 0.435 bits per heavy atom. The molecule has 12 rings (SSSR count). The summed E-state index contributed by atoms with van der Waals surface area (Å²) in [6.07, 6.45) is 0. The monoisotopic (exact) mass is 822 g/mol. The molecule has 2 heterocycles. The van der Waals surface area contributed by atoms with Crippen LogP contribution >= 0.6 is 22.7 Å². The molecule has 10 aromatic carbocycles. The van der Waals surface area contributed by atoms with Crippen molar-refractivity contribution in [3.8, 4) is 77.9 Å². The Kier molecular flexibility index (Phi) is 8.99. The van der Waals surface area contributed by atoms with E-state index in [9.17, 15) is 0 Å². The summed E-state index contributed by atoms with van der Waals surface area (Å²) in [5.74, 6) is 0. The maximum Gasteiger partial charge on any atom is 0.0361 e. The second-order valence-electron chi connectivity index (χ2n) is 16.1. The Balaban J connectivity index is 0.943. The van der Waals surface area contributed by atoms with Crippen molar-refractivity contribution in [1.29, 1.82) is 0 Å². The van der Waals surface area contributed by atoms with Crippen LogP contribution in [0.3, 0.4) is 0 Å². The summed E-state index contributed by atoms with van der Waals surface area (Å²) in [7, 11) is 0. The number of hydrogen-bond acceptors (Lipinski definition) is 2. The van der Waals surface area contributed by atoms with Crippen molar-refractivity contribution in [1.82, 2.24) is 0 Å². The minimum absolute atomic E-state index is 1.19. The van der Waals surface area contributed by atoms with Gasteiger partial charge in [0.05, 0.1) is 0 Å². The summed E-state index contributed by atoms with van der Waals surface area (Å²) in [4.78, 5) is 0. The fraction of sp³-hybridized carbons (Fsp3) is 0. The van der Waals surface area contributed by atoms with Crippen LogP contribution in [0.2, 0.25) is 0 Å². The first kappa shape index (κ1) is 36.5. The summed E-state index contributed by atoms with van der Waals surface area (Å²) in [6, 6.07) is 85.1. The molecule has 2 heteroatoms. The molecule has 2 aromatic heterocycles. The second-order valence-corrected chi connectivity index (χ2v) is 18.3. The Bertz CT molecular complexity index is 3380. The highest BCUT2D eigenvalue weighted by atomic mass is 32.1.